The second-order valence-electron chi connectivity index (χ2n) is 7.53. The molecule has 33 heavy (non-hydrogen) atoms. The highest BCUT2D eigenvalue weighted by molar-refractivity contribution is 5.66. The average Bonchev–Trinajstić information content (AvgIpc) is 3.46. The van der Waals surface area contributed by atoms with Gasteiger partial charge in [-0.25, -0.2) is 19.3 Å². The highest BCUT2D eigenvalue weighted by Crippen LogP contribution is 2.23. The van der Waals surface area contributed by atoms with Crippen LogP contribution in [0.2, 0.25) is 0 Å². The first-order valence-electron chi connectivity index (χ1n) is 10.4. The van der Waals surface area contributed by atoms with E-state index in [0.29, 0.717) is 11.4 Å². The summed E-state index contributed by atoms with van der Waals surface area (Å²) in [7, 11) is 0. The van der Waals surface area contributed by atoms with Gasteiger partial charge in [-0.15, -0.1) is 0 Å². The van der Waals surface area contributed by atoms with Crippen LogP contribution in [0.15, 0.2) is 79.1 Å². The SMILES string of the molecule is Cc1nc(C)n(-c2ccc(Nc3cc(-c4ccn(-c5cccc(C#N)c5)n4)ccn3)cc2)n1. The lowest BCUT2D eigenvalue weighted by Gasteiger charge is -2.08. The zero-order chi connectivity index (χ0) is 22.8. The number of nitriles is 1. The number of hydrogen-bond acceptors (Lipinski definition) is 6. The number of anilines is 2. The molecule has 3 aromatic heterocycles. The van der Waals surface area contributed by atoms with Crippen LogP contribution in [-0.4, -0.2) is 29.5 Å². The first-order chi connectivity index (χ1) is 16.1. The van der Waals surface area contributed by atoms with Crippen molar-refractivity contribution in [3.63, 3.8) is 0 Å². The number of nitrogens with zero attached hydrogens (tertiary/aromatic N) is 7. The van der Waals surface area contributed by atoms with E-state index in [9.17, 15) is 0 Å². The molecular weight excluding hydrogens is 412 g/mol. The Morgan fingerprint density at radius 2 is 1.76 bits per heavy atom. The summed E-state index contributed by atoms with van der Waals surface area (Å²) < 4.78 is 3.58. The van der Waals surface area contributed by atoms with E-state index in [-0.39, 0.29) is 0 Å². The molecule has 3 heterocycles. The van der Waals surface area contributed by atoms with E-state index in [1.807, 2.05) is 85.4 Å². The Morgan fingerprint density at radius 3 is 2.52 bits per heavy atom. The molecule has 5 rings (SSSR count). The average molecular weight is 432 g/mol. The third-order valence-electron chi connectivity index (χ3n) is 5.14. The number of pyridine rings is 1. The predicted octanol–water partition coefficient (Wildman–Crippen LogP) is 4.75. The molecule has 8 nitrogen and oxygen atoms in total. The lowest BCUT2D eigenvalue weighted by atomic mass is 10.2. The van der Waals surface area contributed by atoms with Crippen molar-refractivity contribution >= 4 is 11.5 Å². The fourth-order valence-corrected chi connectivity index (χ4v) is 3.60. The van der Waals surface area contributed by atoms with Gasteiger partial charge in [0, 0.05) is 23.6 Å². The normalized spacial score (nSPS) is 10.7. The Bertz CT molecular complexity index is 1470. The molecule has 0 aliphatic carbocycles. The third-order valence-corrected chi connectivity index (χ3v) is 5.14. The Balaban J connectivity index is 1.35. The van der Waals surface area contributed by atoms with E-state index in [0.717, 1.165) is 40.0 Å². The number of aromatic nitrogens is 6. The second-order valence-corrected chi connectivity index (χ2v) is 7.53. The van der Waals surface area contributed by atoms with Crippen LogP contribution in [0.1, 0.15) is 17.2 Å². The van der Waals surface area contributed by atoms with Crippen molar-refractivity contribution < 1.29 is 0 Å². The fourth-order valence-electron chi connectivity index (χ4n) is 3.60. The highest BCUT2D eigenvalue weighted by Gasteiger charge is 2.08. The summed E-state index contributed by atoms with van der Waals surface area (Å²) in [6.45, 7) is 3.81. The van der Waals surface area contributed by atoms with Gasteiger partial charge in [-0.2, -0.15) is 15.5 Å². The zero-order valence-electron chi connectivity index (χ0n) is 18.1. The molecule has 0 atom stereocenters. The van der Waals surface area contributed by atoms with Crippen molar-refractivity contribution in [1.29, 1.82) is 5.26 Å². The molecule has 0 radical (unpaired) electrons. The quantitative estimate of drug-likeness (QED) is 0.431. The van der Waals surface area contributed by atoms with Gasteiger partial charge in [0.25, 0.3) is 0 Å². The van der Waals surface area contributed by atoms with Gasteiger partial charge in [0.1, 0.15) is 17.5 Å². The van der Waals surface area contributed by atoms with Gasteiger partial charge >= 0.3 is 0 Å². The van der Waals surface area contributed by atoms with Crippen LogP contribution in [0.4, 0.5) is 11.5 Å². The molecule has 160 valence electrons. The minimum Gasteiger partial charge on any atom is -0.340 e. The molecule has 0 fully saturated rings. The van der Waals surface area contributed by atoms with Crippen LogP contribution < -0.4 is 5.32 Å². The minimum atomic E-state index is 0.597. The number of rotatable bonds is 5. The van der Waals surface area contributed by atoms with Crippen LogP contribution in [0, 0.1) is 25.2 Å². The lowest BCUT2D eigenvalue weighted by Crippen LogP contribution is -2.00. The van der Waals surface area contributed by atoms with Gasteiger partial charge in [0.05, 0.1) is 28.7 Å². The summed E-state index contributed by atoms with van der Waals surface area (Å²) >= 11 is 0. The van der Waals surface area contributed by atoms with Crippen LogP contribution in [0.3, 0.4) is 0 Å². The fraction of sp³-hybridized carbons (Fsp3) is 0.0800. The number of benzene rings is 2. The van der Waals surface area contributed by atoms with Gasteiger partial charge in [0.2, 0.25) is 0 Å². The molecule has 0 aliphatic heterocycles. The Morgan fingerprint density at radius 1 is 0.909 bits per heavy atom. The smallest absolute Gasteiger partial charge is 0.148 e. The zero-order valence-corrected chi connectivity index (χ0v) is 18.1. The van der Waals surface area contributed by atoms with Crippen molar-refractivity contribution in [1.82, 2.24) is 29.5 Å². The van der Waals surface area contributed by atoms with Crippen LogP contribution in [-0.2, 0) is 0 Å². The Kier molecular flexibility index (Phi) is 5.13. The van der Waals surface area contributed by atoms with Gasteiger partial charge in [-0.3, -0.25) is 0 Å². The molecule has 0 unspecified atom stereocenters. The van der Waals surface area contributed by atoms with Crippen LogP contribution in [0.5, 0.6) is 0 Å². The third kappa shape index (κ3) is 4.20. The van der Waals surface area contributed by atoms with Gasteiger partial charge in [0.15, 0.2) is 0 Å². The summed E-state index contributed by atoms with van der Waals surface area (Å²) in [5, 5.41) is 21.6. The lowest BCUT2D eigenvalue weighted by molar-refractivity contribution is 0.831. The molecular formula is C25H20N8. The van der Waals surface area contributed by atoms with Crippen molar-refractivity contribution in [3.05, 3.63) is 96.3 Å². The molecule has 0 saturated heterocycles. The summed E-state index contributed by atoms with van der Waals surface area (Å²) in [4.78, 5) is 8.79. The van der Waals surface area contributed by atoms with E-state index in [2.05, 4.69) is 31.6 Å². The van der Waals surface area contributed by atoms with E-state index >= 15 is 0 Å². The summed E-state index contributed by atoms with van der Waals surface area (Å²) in [5.74, 6) is 2.31. The van der Waals surface area contributed by atoms with Crippen molar-refractivity contribution in [3.8, 4) is 28.7 Å². The van der Waals surface area contributed by atoms with Crippen molar-refractivity contribution in [2.24, 2.45) is 0 Å². The van der Waals surface area contributed by atoms with E-state index in [1.54, 1.807) is 16.9 Å². The van der Waals surface area contributed by atoms with Crippen molar-refractivity contribution in [2.75, 3.05) is 5.32 Å². The Hall–Kier alpha value is -4.77. The highest BCUT2D eigenvalue weighted by atomic mass is 15.3. The van der Waals surface area contributed by atoms with E-state index in [1.165, 1.54) is 0 Å². The maximum absolute atomic E-state index is 9.13. The molecule has 2 aromatic carbocycles. The molecule has 0 aliphatic rings. The number of nitrogens with one attached hydrogen (secondary N) is 1. The number of hydrogen-bond donors (Lipinski definition) is 1. The summed E-state index contributed by atoms with van der Waals surface area (Å²) in [5.41, 5.74) is 5.05. The Labute approximate surface area is 190 Å². The van der Waals surface area contributed by atoms with E-state index < -0.39 is 0 Å². The maximum atomic E-state index is 9.13. The van der Waals surface area contributed by atoms with Gasteiger partial charge in [-0.1, -0.05) is 6.07 Å². The molecule has 1 N–H and O–H groups in total. The second kappa shape index (κ2) is 8.40. The monoisotopic (exact) mass is 432 g/mol. The van der Waals surface area contributed by atoms with Gasteiger partial charge < -0.3 is 5.32 Å². The standard InChI is InChI=1S/C25H20N8/c1-17-28-18(2)33(30-17)22-8-6-21(7-9-22)29-25-15-20(10-12-27-25)24-11-13-32(31-24)23-5-3-4-19(14-23)16-26/h3-15H,1-2H3,(H,27,29). The minimum absolute atomic E-state index is 0.597. The molecule has 0 amide bonds. The molecule has 8 heteroatoms. The first kappa shape index (κ1) is 20.2. The summed E-state index contributed by atoms with van der Waals surface area (Å²) in [6, 6.07) is 23.3. The molecule has 0 saturated carbocycles. The topological polar surface area (TPSA) is 97.2 Å². The largest absolute Gasteiger partial charge is 0.340 e. The summed E-state index contributed by atoms with van der Waals surface area (Å²) in [6.07, 6.45) is 3.63. The predicted molar refractivity (Wildman–Crippen MR) is 126 cm³/mol. The van der Waals surface area contributed by atoms with Gasteiger partial charge in [-0.05, 0) is 74.5 Å². The molecule has 0 bridgehead atoms. The maximum Gasteiger partial charge on any atom is 0.148 e. The van der Waals surface area contributed by atoms with Crippen LogP contribution in [0.25, 0.3) is 22.6 Å². The molecule has 5 aromatic rings. The number of aryl methyl sites for hydroxylation is 2. The van der Waals surface area contributed by atoms with E-state index in [4.69, 9.17) is 5.26 Å². The molecule has 0 spiro atoms. The van der Waals surface area contributed by atoms with Crippen molar-refractivity contribution in [2.45, 2.75) is 13.8 Å². The van der Waals surface area contributed by atoms with Crippen LogP contribution >= 0.6 is 0 Å². The first-order valence-corrected chi connectivity index (χ1v) is 10.4.